The van der Waals surface area contributed by atoms with Gasteiger partial charge in [0.05, 0.1) is 18.7 Å². The standard InChI is InChI=1S/C39H52N4O4S/c1-6-32-11-7-12-38(31(32)2)42-22-8-24-44-25-9-26-45-27-10-28-46-36-17-13-33(14-18-36)39(3,4)34-15-19-37(20-16-34)47-29-35(43-48-5)21-23-41-30-40/h6-7,11-21,23,30,42H,1,8-10,22,24-29H2,2-5H3,(H2,40,41)/b23-21-,43-35+. The van der Waals surface area contributed by atoms with Crippen molar-refractivity contribution in [3.05, 3.63) is 108 Å². The van der Waals surface area contributed by atoms with Gasteiger partial charge in [-0.2, -0.15) is 0 Å². The van der Waals surface area contributed by atoms with Crippen LogP contribution in [0.25, 0.3) is 6.08 Å². The lowest BCUT2D eigenvalue weighted by Crippen LogP contribution is -2.18. The second-order valence-corrected chi connectivity index (χ2v) is 12.2. The summed E-state index contributed by atoms with van der Waals surface area (Å²) >= 11 is 1.37. The predicted molar refractivity (Wildman–Crippen MR) is 204 cm³/mol. The van der Waals surface area contributed by atoms with Crippen LogP contribution in [0.5, 0.6) is 11.5 Å². The van der Waals surface area contributed by atoms with Crippen LogP contribution < -0.4 is 20.5 Å². The number of anilines is 1. The number of hydrogen-bond donors (Lipinski definition) is 2. The Hall–Kier alpha value is -4.05. The Morgan fingerprint density at radius 2 is 1.46 bits per heavy atom. The van der Waals surface area contributed by atoms with Crippen LogP contribution in [-0.2, 0) is 14.9 Å². The van der Waals surface area contributed by atoms with Crippen molar-refractivity contribution in [1.82, 2.24) is 0 Å². The van der Waals surface area contributed by atoms with E-state index in [0.717, 1.165) is 60.9 Å². The van der Waals surface area contributed by atoms with Crippen LogP contribution in [0.3, 0.4) is 0 Å². The van der Waals surface area contributed by atoms with Crippen molar-refractivity contribution >= 4 is 35.8 Å². The molecule has 0 aromatic heterocycles. The molecule has 3 N–H and O–H groups in total. The molecule has 0 aliphatic rings. The Morgan fingerprint density at radius 3 is 2.06 bits per heavy atom. The van der Waals surface area contributed by atoms with Crippen LogP contribution in [0.1, 0.15) is 55.4 Å². The predicted octanol–water partition coefficient (Wildman–Crippen LogP) is 8.26. The maximum atomic E-state index is 5.96. The third kappa shape index (κ3) is 13.2. The number of ether oxygens (including phenoxy) is 4. The number of nitrogens with two attached hydrogens (primary N) is 1. The van der Waals surface area contributed by atoms with Gasteiger partial charge in [-0.25, -0.2) is 9.39 Å². The highest BCUT2D eigenvalue weighted by atomic mass is 32.2. The minimum absolute atomic E-state index is 0.183. The average molecular weight is 673 g/mol. The topological polar surface area (TPSA) is 99.7 Å². The highest BCUT2D eigenvalue weighted by Crippen LogP contribution is 2.33. The van der Waals surface area contributed by atoms with E-state index in [9.17, 15) is 0 Å². The second kappa shape index (κ2) is 21.8. The van der Waals surface area contributed by atoms with Crippen LogP contribution in [0.15, 0.2) is 95.0 Å². The molecule has 3 aromatic carbocycles. The maximum absolute atomic E-state index is 5.96. The molecule has 0 saturated heterocycles. The molecule has 8 nitrogen and oxygen atoms in total. The van der Waals surface area contributed by atoms with Crippen LogP contribution >= 0.6 is 11.9 Å². The molecule has 0 radical (unpaired) electrons. The van der Waals surface area contributed by atoms with E-state index < -0.39 is 0 Å². The van der Waals surface area contributed by atoms with Gasteiger partial charge in [0, 0.05) is 63.0 Å². The molecule has 0 unspecified atom stereocenters. The normalized spacial score (nSPS) is 12.1. The first kappa shape index (κ1) is 38.4. The number of benzene rings is 3. The third-order valence-electron chi connectivity index (χ3n) is 7.84. The van der Waals surface area contributed by atoms with E-state index in [1.54, 1.807) is 12.3 Å². The molecule has 0 saturated carbocycles. The van der Waals surface area contributed by atoms with Crippen LogP contribution in [0.4, 0.5) is 5.69 Å². The van der Waals surface area contributed by atoms with Gasteiger partial charge in [-0.1, -0.05) is 62.9 Å². The molecule has 0 spiro atoms. The van der Waals surface area contributed by atoms with Gasteiger partial charge < -0.3 is 30.0 Å². The number of rotatable bonds is 23. The lowest BCUT2D eigenvalue weighted by atomic mass is 9.78. The molecular formula is C39H52N4O4S. The maximum Gasteiger partial charge on any atom is 0.131 e. The summed E-state index contributed by atoms with van der Waals surface area (Å²) in [6.07, 6.45) is 11.1. The molecule has 0 aliphatic carbocycles. The van der Waals surface area contributed by atoms with E-state index in [0.29, 0.717) is 33.0 Å². The van der Waals surface area contributed by atoms with E-state index in [1.807, 2.05) is 36.6 Å². The van der Waals surface area contributed by atoms with Gasteiger partial charge in [-0.05, 0) is 90.4 Å². The molecule has 0 fully saturated rings. The Kier molecular flexibility index (Phi) is 17.4. The third-order valence-corrected chi connectivity index (χ3v) is 8.26. The lowest BCUT2D eigenvalue weighted by Gasteiger charge is -2.26. The van der Waals surface area contributed by atoms with Gasteiger partial charge in [-0.3, -0.25) is 0 Å². The fraction of sp³-hybridized carbons (Fsp3) is 0.385. The molecule has 48 heavy (non-hydrogen) atoms. The van der Waals surface area contributed by atoms with E-state index in [2.05, 4.69) is 84.5 Å². The summed E-state index contributed by atoms with van der Waals surface area (Å²) in [6.45, 7) is 15.1. The molecule has 0 atom stereocenters. The molecular weight excluding hydrogens is 621 g/mol. The van der Waals surface area contributed by atoms with E-state index in [1.165, 1.54) is 35.0 Å². The van der Waals surface area contributed by atoms with Crippen LogP contribution in [0, 0.1) is 6.92 Å². The smallest absolute Gasteiger partial charge is 0.131 e. The van der Waals surface area contributed by atoms with E-state index in [4.69, 9.17) is 24.7 Å². The highest BCUT2D eigenvalue weighted by Gasteiger charge is 2.23. The van der Waals surface area contributed by atoms with Crippen LogP contribution in [0.2, 0.25) is 0 Å². The summed E-state index contributed by atoms with van der Waals surface area (Å²) in [6, 6.07) is 22.8. The van der Waals surface area contributed by atoms with Gasteiger partial charge in [0.1, 0.15) is 18.1 Å². The summed E-state index contributed by atoms with van der Waals surface area (Å²) in [7, 11) is 0. The second-order valence-electron chi connectivity index (χ2n) is 11.6. The zero-order valence-corrected chi connectivity index (χ0v) is 29.8. The fourth-order valence-corrected chi connectivity index (χ4v) is 5.29. The summed E-state index contributed by atoms with van der Waals surface area (Å²) in [5.41, 5.74) is 11.8. The quantitative estimate of drug-likeness (QED) is 0.0453. The van der Waals surface area contributed by atoms with E-state index >= 15 is 0 Å². The zero-order valence-electron chi connectivity index (χ0n) is 29.0. The van der Waals surface area contributed by atoms with Crippen LogP contribution in [-0.4, -0.2) is 64.5 Å². The van der Waals surface area contributed by atoms with Gasteiger partial charge in [0.15, 0.2) is 0 Å². The van der Waals surface area contributed by atoms with Crippen molar-refractivity contribution in [2.24, 2.45) is 15.1 Å². The number of nitrogens with one attached hydrogen (secondary N) is 1. The Morgan fingerprint density at radius 1 is 0.854 bits per heavy atom. The van der Waals surface area contributed by atoms with Gasteiger partial charge >= 0.3 is 0 Å². The van der Waals surface area contributed by atoms with Crippen molar-refractivity contribution in [1.29, 1.82) is 0 Å². The number of aliphatic imine (C=N–C) groups is 1. The number of nitrogens with zero attached hydrogens (tertiary/aromatic N) is 2. The molecule has 0 heterocycles. The molecule has 0 aliphatic heterocycles. The largest absolute Gasteiger partial charge is 0.494 e. The summed E-state index contributed by atoms with van der Waals surface area (Å²) < 4.78 is 27.8. The molecule has 0 bridgehead atoms. The van der Waals surface area contributed by atoms with E-state index in [-0.39, 0.29) is 5.41 Å². The minimum Gasteiger partial charge on any atom is -0.494 e. The first-order valence-electron chi connectivity index (χ1n) is 16.5. The van der Waals surface area contributed by atoms with Crippen molar-refractivity contribution in [3.63, 3.8) is 0 Å². The fourth-order valence-electron chi connectivity index (χ4n) is 4.94. The van der Waals surface area contributed by atoms with Crippen molar-refractivity contribution in [2.45, 2.75) is 45.4 Å². The highest BCUT2D eigenvalue weighted by molar-refractivity contribution is 7.97. The molecule has 3 rings (SSSR count). The minimum atomic E-state index is -0.183. The van der Waals surface area contributed by atoms with Crippen molar-refractivity contribution < 1.29 is 18.9 Å². The molecule has 3 aromatic rings. The van der Waals surface area contributed by atoms with Crippen molar-refractivity contribution in [2.75, 3.05) is 57.8 Å². The zero-order chi connectivity index (χ0) is 34.5. The SMILES string of the molecule is C=Cc1cccc(NCCCOCCCOCCCOc2ccc(C(C)(C)c3ccc(OCC(/C=C\N=C\N)=N/SC)cc3)cc2)c1C. The molecule has 258 valence electrons. The summed E-state index contributed by atoms with van der Waals surface area (Å²) in [5, 5.41) is 3.48. The lowest BCUT2D eigenvalue weighted by molar-refractivity contribution is 0.0774. The Balaban J connectivity index is 1.27. The summed E-state index contributed by atoms with van der Waals surface area (Å²) in [5.74, 6) is 1.64. The van der Waals surface area contributed by atoms with Gasteiger partial charge in [-0.15, -0.1) is 0 Å². The average Bonchev–Trinajstić information content (AvgIpc) is 3.10. The summed E-state index contributed by atoms with van der Waals surface area (Å²) in [4.78, 5) is 3.88. The van der Waals surface area contributed by atoms with Gasteiger partial charge in [0.2, 0.25) is 0 Å². The first-order valence-corrected chi connectivity index (χ1v) is 17.6. The molecule has 9 heteroatoms. The Bertz CT molecular complexity index is 1450. The monoisotopic (exact) mass is 672 g/mol. The van der Waals surface area contributed by atoms with Crippen molar-refractivity contribution in [3.8, 4) is 11.5 Å². The van der Waals surface area contributed by atoms with Gasteiger partial charge in [0.25, 0.3) is 0 Å². The first-order chi connectivity index (χ1) is 23.4. The molecule has 0 amide bonds. The Labute approximate surface area is 291 Å². The number of hydrogen-bond acceptors (Lipinski definition) is 8.